The Labute approximate surface area is 108 Å². The fourth-order valence-corrected chi connectivity index (χ4v) is 2.80. The second-order valence-electron chi connectivity index (χ2n) is 5.09. The van der Waals surface area contributed by atoms with E-state index in [-0.39, 0.29) is 0 Å². The minimum Gasteiger partial charge on any atom is -0.310 e. The van der Waals surface area contributed by atoms with Gasteiger partial charge in [-0.3, -0.25) is 5.10 Å². The Hall–Kier alpha value is -1.61. The smallest absolute Gasteiger partial charge is 0.0490 e. The van der Waals surface area contributed by atoms with Gasteiger partial charge < -0.3 is 5.32 Å². The van der Waals surface area contributed by atoms with Gasteiger partial charge in [-0.05, 0) is 30.9 Å². The minimum atomic E-state index is 0.638. The maximum absolute atomic E-state index is 4.04. The minimum absolute atomic E-state index is 0.638. The molecule has 0 aliphatic heterocycles. The summed E-state index contributed by atoms with van der Waals surface area (Å²) in [6.07, 6.45) is 5.58. The van der Waals surface area contributed by atoms with Crippen LogP contribution in [0.5, 0.6) is 0 Å². The van der Waals surface area contributed by atoms with Gasteiger partial charge in [-0.15, -0.1) is 0 Å². The van der Waals surface area contributed by atoms with Gasteiger partial charge in [0.25, 0.3) is 0 Å². The van der Waals surface area contributed by atoms with Crippen LogP contribution in [0.2, 0.25) is 0 Å². The van der Waals surface area contributed by atoms with Crippen molar-refractivity contribution in [1.82, 2.24) is 15.5 Å². The van der Waals surface area contributed by atoms with Crippen molar-refractivity contribution in [3.63, 3.8) is 0 Å². The average molecular weight is 241 g/mol. The summed E-state index contributed by atoms with van der Waals surface area (Å²) in [6.45, 7) is 0.973. The zero-order chi connectivity index (χ0) is 12.2. The Morgan fingerprint density at radius 3 is 2.83 bits per heavy atom. The van der Waals surface area contributed by atoms with E-state index < -0.39 is 0 Å². The third kappa shape index (κ3) is 2.62. The lowest BCUT2D eigenvalue weighted by Crippen LogP contribution is -2.25. The second-order valence-corrected chi connectivity index (χ2v) is 5.09. The molecule has 3 heteroatoms. The topological polar surface area (TPSA) is 40.7 Å². The van der Waals surface area contributed by atoms with Crippen molar-refractivity contribution in [2.45, 2.75) is 37.8 Å². The monoisotopic (exact) mass is 241 g/mol. The third-order valence-electron chi connectivity index (χ3n) is 3.83. The van der Waals surface area contributed by atoms with Crippen molar-refractivity contribution in [2.75, 3.05) is 0 Å². The molecule has 0 saturated heterocycles. The molecule has 2 N–H and O–H groups in total. The molecule has 1 aromatic heterocycles. The molecular formula is C15H19N3. The molecule has 1 saturated carbocycles. The lowest BCUT2D eigenvalue weighted by atomic mass is 10.0. The van der Waals surface area contributed by atoms with E-state index in [1.54, 1.807) is 0 Å². The van der Waals surface area contributed by atoms with Crippen LogP contribution in [0.3, 0.4) is 0 Å². The summed E-state index contributed by atoms with van der Waals surface area (Å²) in [5.41, 5.74) is 2.65. The molecule has 2 aromatic rings. The molecule has 2 unspecified atom stereocenters. The van der Waals surface area contributed by atoms with E-state index in [0.29, 0.717) is 12.0 Å². The first-order valence-corrected chi connectivity index (χ1v) is 6.68. The largest absolute Gasteiger partial charge is 0.310 e. The van der Waals surface area contributed by atoms with E-state index in [4.69, 9.17) is 0 Å². The number of nitrogens with one attached hydrogen (secondary N) is 2. The molecule has 94 valence electrons. The normalized spacial score (nSPS) is 23.3. The summed E-state index contributed by atoms with van der Waals surface area (Å²) in [4.78, 5) is 0. The summed E-state index contributed by atoms with van der Waals surface area (Å²) in [7, 11) is 0. The molecule has 2 atom stereocenters. The maximum Gasteiger partial charge on any atom is 0.0490 e. The zero-order valence-corrected chi connectivity index (χ0v) is 10.5. The van der Waals surface area contributed by atoms with Crippen LogP contribution in [-0.2, 0) is 6.54 Å². The lowest BCUT2D eigenvalue weighted by molar-refractivity contribution is 0.516. The van der Waals surface area contributed by atoms with Gasteiger partial charge in [-0.25, -0.2) is 0 Å². The molecule has 3 nitrogen and oxygen atoms in total. The molecule has 0 bridgehead atoms. The highest BCUT2D eigenvalue weighted by atomic mass is 15.1. The molecule has 1 aromatic carbocycles. The standard InChI is InChI=1S/C15H19N3/c1-2-4-12(5-3-1)11-16-14-7-6-13(10-14)15-8-9-17-18-15/h1-5,8-9,13-14,16H,6-7,10-11H2,(H,17,18). The van der Waals surface area contributed by atoms with Crippen LogP contribution in [0.25, 0.3) is 0 Å². The van der Waals surface area contributed by atoms with Gasteiger partial charge in [0.2, 0.25) is 0 Å². The van der Waals surface area contributed by atoms with Gasteiger partial charge in [0.05, 0.1) is 0 Å². The Morgan fingerprint density at radius 1 is 1.17 bits per heavy atom. The quantitative estimate of drug-likeness (QED) is 0.864. The molecule has 18 heavy (non-hydrogen) atoms. The average Bonchev–Trinajstić information content (AvgIpc) is 3.08. The number of aromatic nitrogens is 2. The van der Waals surface area contributed by atoms with Gasteiger partial charge in [-0.1, -0.05) is 30.3 Å². The van der Waals surface area contributed by atoms with Crippen molar-refractivity contribution in [1.29, 1.82) is 0 Å². The molecule has 3 rings (SSSR count). The Kier molecular flexibility index (Phi) is 3.42. The molecule has 1 fully saturated rings. The summed E-state index contributed by atoms with van der Waals surface area (Å²) >= 11 is 0. The summed E-state index contributed by atoms with van der Waals surface area (Å²) in [6, 6.07) is 13.3. The number of aromatic amines is 1. The van der Waals surface area contributed by atoms with E-state index >= 15 is 0 Å². The molecule has 1 heterocycles. The van der Waals surface area contributed by atoms with Crippen LogP contribution in [0.1, 0.15) is 36.4 Å². The second kappa shape index (κ2) is 5.36. The van der Waals surface area contributed by atoms with Gasteiger partial charge in [0.15, 0.2) is 0 Å². The lowest BCUT2D eigenvalue weighted by Gasteiger charge is -2.12. The van der Waals surface area contributed by atoms with Crippen LogP contribution in [0.4, 0.5) is 0 Å². The molecule has 0 spiro atoms. The number of rotatable bonds is 4. The van der Waals surface area contributed by atoms with Gasteiger partial charge in [0, 0.05) is 30.4 Å². The molecule has 0 amide bonds. The fourth-order valence-electron chi connectivity index (χ4n) is 2.80. The SMILES string of the molecule is c1ccc(CNC2CCC(c3ccn[nH]3)C2)cc1. The number of benzene rings is 1. The maximum atomic E-state index is 4.04. The number of hydrogen-bond donors (Lipinski definition) is 2. The highest BCUT2D eigenvalue weighted by molar-refractivity contribution is 5.15. The van der Waals surface area contributed by atoms with Crippen molar-refractivity contribution in [2.24, 2.45) is 0 Å². The summed E-state index contributed by atoms with van der Waals surface area (Å²) in [5, 5.41) is 10.8. The van der Waals surface area contributed by atoms with Crippen molar-refractivity contribution < 1.29 is 0 Å². The first kappa shape index (κ1) is 11.5. The Bertz CT molecular complexity index is 464. The first-order chi connectivity index (χ1) is 8.92. The first-order valence-electron chi connectivity index (χ1n) is 6.68. The van der Waals surface area contributed by atoms with Crippen molar-refractivity contribution >= 4 is 0 Å². The fraction of sp³-hybridized carbons (Fsp3) is 0.400. The number of nitrogens with zero attached hydrogens (tertiary/aromatic N) is 1. The highest BCUT2D eigenvalue weighted by Gasteiger charge is 2.26. The Balaban J connectivity index is 1.51. The van der Waals surface area contributed by atoms with E-state index in [9.17, 15) is 0 Å². The van der Waals surface area contributed by atoms with E-state index in [0.717, 1.165) is 6.54 Å². The summed E-state index contributed by atoms with van der Waals surface area (Å²) < 4.78 is 0. The number of hydrogen-bond acceptors (Lipinski definition) is 2. The van der Waals surface area contributed by atoms with Gasteiger partial charge in [0.1, 0.15) is 0 Å². The Morgan fingerprint density at radius 2 is 2.06 bits per heavy atom. The molecule has 1 aliphatic rings. The predicted molar refractivity (Wildman–Crippen MR) is 72.2 cm³/mol. The van der Waals surface area contributed by atoms with E-state index in [1.165, 1.54) is 30.5 Å². The van der Waals surface area contributed by atoms with Crippen LogP contribution in [0, 0.1) is 0 Å². The predicted octanol–water partition coefficient (Wildman–Crippen LogP) is 2.84. The zero-order valence-electron chi connectivity index (χ0n) is 10.5. The van der Waals surface area contributed by atoms with Crippen LogP contribution < -0.4 is 5.32 Å². The van der Waals surface area contributed by atoms with Crippen LogP contribution in [0.15, 0.2) is 42.6 Å². The van der Waals surface area contributed by atoms with Gasteiger partial charge in [-0.2, -0.15) is 5.10 Å². The summed E-state index contributed by atoms with van der Waals surface area (Å²) in [5.74, 6) is 0.653. The van der Waals surface area contributed by atoms with E-state index in [1.807, 2.05) is 6.20 Å². The van der Waals surface area contributed by atoms with Crippen molar-refractivity contribution in [3.8, 4) is 0 Å². The molecule has 1 aliphatic carbocycles. The van der Waals surface area contributed by atoms with Crippen molar-refractivity contribution in [3.05, 3.63) is 53.9 Å². The molecular weight excluding hydrogens is 222 g/mol. The van der Waals surface area contributed by atoms with Gasteiger partial charge >= 0.3 is 0 Å². The number of H-pyrrole nitrogens is 1. The van der Waals surface area contributed by atoms with Crippen LogP contribution in [-0.4, -0.2) is 16.2 Å². The third-order valence-corrected chi connectivity index (χ3v) is 3.83. The molecule has 0 radical (unpaired) electrons. The van der Waals surface area contributed by atoms with E-state index in [2.05, 4.69) is 51.9 Å². The van der Waals surface area contributed by atoms with Crippen LogP contribution >= 0.6 is 0 Å². The highest BCUT2D eigenvalue weighted by Crippen LogP contribution is 2.33.